The van der Waals surface area contributed by atoms with E-state index in [-0.39, 0.29) is 34.5 Å². The van der Waals surface area contributed by atoms with Gasteiger partial charge in [-0.15, -0.1) is 10.2 Å². The lowest BCUT2D eigenvalue weighted by molar-refractivity contribution is 0.0952. The predicted octanol–water partition coefficient (Wildman–Crippen LogP) is 5.02. The molecule has 0 bridgehead atoms. The molecule has 2 aromatic heterocycles. The molecule has 0 aliphatic heterocycles. The molecule has 0 fully saturated rings. The molecule has 10 nitrogen and oxygen atoms in total. The standard InChI is InChI=1S/C23H20N8O2/c1-3-4-10-25-22(33)19-16-9-6-5-8-15(16)13-17(20(19)32)29-30-21-18(24-2)14-28-31(21)23-26-11-7-12-27-23/h5-9,11-14,32H,3-4,10H2,1H3,(H,25,33)/b30-29+. The number of hydrogen-bond acceptors (Lipinski definition) is 7. The fourth-order valence-corrected chi connectivity index (χ4v) is 3.25. The molecule has 33 heavy (non-hydrogen) atoms. The summed E-state index contributed by atoms with van der Waals surface area (Å²) in [6, 6.07) is 10.5. The van der Waals surface area contributed by atoms with Crippen molar-refractivity contribution >= 4 is 33.9 Å². The van der Waals surface area contributed by atoms with Gasteiger partial charge < -0.3 is 10.4 Å². The number of phenolic OH excluding ortho intramolecular Hbond substituents is 1. The Bertz CT molecular complexity index is 1370. The van der Waals surface area contributed by atoms with Gasteiger partial charge in [-0.2, -0.15) is 9.78 Å². The maximum Gasteiger partial charge on any atom is 0.255 e. The number of benzene rings is 2. The van der Waals surface area contributed by atoms with Crippen molar-refractivity contribution in [3.8, 4) is 11.7 Å². The molecule has 0 unspecified atom stereocenters. The van der Waals surface area contributed by atoms with Crippen LogP contribution < -0.4 is 5.32 Å². The number of fused-ring (bicyclic) bond motifs is 1. The number of carbonyl (C=O) groups excluding carboxylic acids is 1. The van der Waals surface area contributed by atoms with Crippen LogP contribution in [0.15, 0.2) is 65.2 Å². The van der Waals surface area contributed by atoms with Crippen LogP contribution in [-0.4, -0.2) is 37.3 Å². The summed E-state index contributed by atoms with van der Waals surface area (Å²) < 4.78 is 1.29. The molecule has 0 aliphatic rings. The largest absolute Gasteiger partial charge is 0.505 e. The van der Waals surface area contributed by atoms with Crippen molar-refractivity contribution in [1.82, 2.24) is 25.1 Å². The van der Waals surface area contributed by atoms with Gasteiger partial charge in [0.25, 0.3) is 17.5 Å². The number of aromatic hydroxyl groups is 1. The highest BCUT2D eigenvalue weighted by molar-refractivity contribution is 6.11. The monoisotopic (exact) mass is 440 g/mol. The van der Waals surface area contributed by atoms with E-state index in [0.29, 0.717) is 11.9 Å². The number of hydrogen-bond donors (Lipinski definition) is 2. The Balaban J connectivity index is 1.79. The molecule has 10 heteroatoms. The molecule has 164 valence electrons. The third kappa shape index (κ3) is 4.38. The molecule has 0 radical (unpaired) electrons. The molecule has 2 aromatic carbocycles. The topological polar surface area (TPSA) is 122 Å². The van der Waals surface area contributed by atoms with Crippen LogP contribution >= 0.6 is 0 Å². The van der Waals surface area contributed by atoms with Crippen LogP contribution in [0.5, 0.6) is 5.75 Å². The van der Waals surface area contributed by atoms with E-state index in [1.165, 1.54) is 10.9 Å². The molecule has 0 aliphatic carbocycles. The summed E-state index contributed by atoms with van der Waals surface area (Å²) in [6.07, 6.45) is 6.19. The van der Waals surface area contributed by atoms with E-state index < -0.39 is 5.91 Å². The van der Waals surface area contributed by atoms with Crippen LogP contribution in [-0.2, 0) is 0 Å². The number of aromatic nitrogens is 4. The van der Waals surface area contributed by atoms with Crippen molar-refractivity contribution in [2.45, 2.75) is 19.8 Å². The summed E-state index contributed by atoms with van der Waals surface area (Å²) in [6.45, 7) is 9.92. The van der Waals surface area contributed by atoms with Crippen molar-refractivity contribution in [1.29, 1.82) is 0 Å². The van der Waals surface area contributed by atoms with Gasteiger partial charge >= 0.3 is 0 Å². The minimum Gasteiger partial charge on any atom is -0.505 e. The number of azo groups is 1. The first-order valence-corrected chi connectivity index (χ1v) is 10.3. The summed E-state index contributed by atoms with van der Waals surface area (Å²) in [7, 11) is 0. The third-order valence-corrected chi connectivity index (χ3v) is 4.88. The molecular formula is C23H20N8O2. The van der Waals surface area contributed by atoms with E-state index in [9.17, 15) is 9.90 Å². The lowest BCUT2D eigenvalue weighted by atomic mass is 10.0. The van der Waals surface area contributed by atoms with Crippen molar-refractivity contribution in [3.05, 3.63) is 72.0 Å². The average Bonchev–Trinajstić information content (AvgIpc) is 3.26. The van der Waals surface area contributed by atoms with Crippen molar-refractivity contribution in [3.63, 3.8) is 0 Å². The van der Waals surface area contributed by atoms with Gasteiger partial charge in [-0.25, -0.2) is 14.8 Å². The maximum absolute atomic E-state index is 12.9. The van der Waals surface area contributed by atoms with E-state index in [0.717, 1.165) is 18.2 Å². The molecule has 2 heterocycles. The third-order valence-electron chi connectivity index (χ3n) is 4.88. The van der Waals surface area contributed by atoms with E-state index in [1.807, 2.05) is 19.1 Å². The van der Waals surface area contributed by atoms with Crippen LogP contribution in [0.1, 0.15) is 30.1 Å². The fourth-order valence-electron chi connectivity index (χ4n) is 3.25. The van der Waals surface area contributed by atoms with Gasteiger partial charge in [-0.05, 0) is 29.3 Å². The molecule has 0 saturated carbocycles. The van der Waals surface area contributed by atoms with Crippen molar-refractivity contribution in [2.24, 2.45) is 10.2 Å². The number of nitrogens with zero attached hydrogens (tertiary/aromatic N) is 7. The highest BCUT2D eigenvalue weighted by Crippen LogP contribution is 2.39. The molecule has 0 saturated heterocycles. The summed E-state index contributed by atoms with van der Waals surface area (Å²) in [5, 5.41) is 27.6. The lowest BCUT2D eigenvalue weighted by Gasteiger charge is -2.11. The average molecular weight is 440 g/mol. The molecule has 0 spiro atoms. The van der Waals surface area contributed by atoms with Crippen LogP contribution in [0.4, 0.5) is 17.2 Å². The number of amides is 1. The molecule has 0 atom stereocenters. The maximum atomic E-state index is 12.9. The van der Waals surface area contributed by atoms with Crippen molar-refractivity contribution < 1.29 is 9.90 Å². The normalized spacial score (nSPS) is 11.0. The van der Waals surface area contributed by atoms with Gasteiger partial charge in [0.1, 0.15) is 5.69 Å². The quantitative estimate of drug-likeness (QED) is 0.237. The first-order chi connectivity index (χ1) is 16.1. The number of nitrogens with one attached hydrogen (secondary N) is 1. The second-order valence-corrected chi connectivity index (χ2v) is 7.08. The Labute approximate surface area is 189 Å². The van der Waals surface area contributed by atoms with Gasteiger partial charge in [-0.3, -0.25) is 4.79 Å². The van der Waals surface area contributed by atoms with Crippen LogP contribution in [0.2, 0.25) is 0 Å². The van der Waals surface area contributed by atoms with Crippen LogP contribution in [0.25, 0.3) is 21.6 Å². The number of phenols is 1. The van der Waals surface area contributed by atoms with Gasteiger partial charge in [0, 0.05) is 18.9 Å². The number of carbonyl (C=O) groups is 1. The minimum absolute atomic E-state index is 0.0898. The second-order valence-electron chi connectivity index (χ2n) is 7.08. The van der Waals surface area contributed by atoms with E-state index >= 15 is 0 Å². The molecule has 4 aromatic rings. The van der Waals surface area contributed by atoms with Gasteiger partial charge in [-0.1, -0.05) is 37.6 Å². The lowest BCUT2D eigenvalue weighted by Crippen LogP contribution is -2.24. The zero-order chi connectivity index (χ0) is 23.2. The molecule has 4 rings (SSSR count). The van der Waals surface area contributed by atoms with Gasteiger partial charge in [0.15, 0.2) is 11.6 Å². The first-order valence-electron chi connectivity index (χ1n) is 10.3. The zero-order valence-electron chi connectivity index (χ0n) is 17.8. The number of rotatable bonds is 7. The summed E-state index contributed by atoms with van der Waals surface area (Å²) in [4.78, 5) is 24.5. The van der Waals surface area contributed by atoms with Gasteiger partial charge in [0.05, 0.1) is 18.3 Å². The fraction of sp³-hybridized carbons (Fsp3) is 0.174. The second kappa shape index (κ2) is 9.65. The molecular weight excluding hydrogens is 420 g/mol. The SMILES string of the molecule is [C-]#[N+]c1cnn(-c2ncccn2)c1/N=N/c1cc2ccccc2c(C(=O)NCCCC)c1O. The Morgan fingerprint density at radius 3 is 2.76 bits per heavy atom. The Morgan fingerprint density at radius 2 is 2.00 bits per heavy atom. The van der Waals surface area contributed by atoms with E-state index in [2.05, 4.69) is 35.5 Å². The molecule has 2 N–H and O–H groups in total. The van der Waals surface area contributed by atoms with E-state index in [1.54, 1.807) is 36.7 Å². The summed E-state index contributed by atoms with van der Waals surface area (Å²) in [5.74, 6) is -0.352. The summed E-state index contributed by atoms with van der Waals surface area (Å²) >= 11 is 0. The first kappa shape index (κ1) is 21.6. The highest BCUT2D eigenvalue weighted by atomic mass is 16.3. The smallest absolute Gasteiger partial charge is 0.255 e. The van der Waals surface area contributed by atoms with Crippen LogP contribution in [0.3, 0.4) is 0 Å². The Morgan fingerprint density at radius 1 is 1.21 bits per heavy atom. The Hall–Kier alpha value is -4.65. The highest BCUT2D eigenvalue weighted by Gasteiger charge is 2.20. The van der Waals surface area contributed by atoms with Crippen molar-refractivity contribution in [2.75, 3.05) is 6.54 Å². The molecule has 1 amide bonds. The van der Waals surface area contributed by atoms with Crippen LogP contribution in [0, 0.1) is 6.57 Å². The predicted molar refractivity (Wildman–Crippen MR) is 122 cm³/mol. The zero-order valence-corrected chi connectivity index (χ0v) is 17.8. The Kier molecular flexibility index (Phi) is 6.31. The van der Waals surface area contributed by atoms with Gasteiger partial charge in [0.2, 0.25) is 0 Å². The number of unbranched alkanes of at least 4 members (excludes halogenated alkanes) is 1. The minimum atomic E-state index is -0.390. The summed E-state index contributed by atoms with van der Waals surface area (Å²) in [5.41, 5.74) is 0.361. The van der Waals surface area contributed by atoms with E-state index in [4.69, 9.17) is 6.57 Å².